The number of carbonyl (C=O) groups excluding carboxylic acids is 5. The van der Waals surface area contributed by atoms with Crippen molar-refractivity contribution < 1.29 is 63.3 Å². The van der Waals surface area contributed by atoms with Crippen molar-refractivity contribution in [3.8, 4) is 0 Å². The van der Waals surface area contributed by atoms with Gasteiger partial charge >= 0.3 is 17.9 Å². The number of rotatable bonds is 10. The molecule has 1 heterocycles. The maximum absolute atomic E-state index is 14.9. The lowest BCUT2D eigenvalue weighted by molar-refractivity contribution is -0.346. The first kappa shape index (κ1) is 41.2. The number of nitrogens with one attached hydrogen (secondary N) is 1. The Kier molecular flexibility index (Phi) is 11.1. The molecule has 14 heteroatoms. The largest absolute Gasteiger partial charge is 0.456 e. The molecule has 56 heavy (non-hydrogen) atoms. The SMILES string of the molecule is CCCC(=O)NC(c1ccccc1)C(O)C(=O)OC1CC2(O)C(OC(=O)c3ccccc3)C3C4(OC(C)=O)COC4CC(O)C3(C)C(=O)C(O)C(=C1C)C2(C)C. The standard InChI is InChI=1S/C42H51NO13/c1-7-14-29(46)43-31(24-15-10-8-11-16-24)33(48)38(51)54-26-20-42(52)36(55-37(50)25-17-12-9-13-18-25)34-40(6,35(49)32(47)30(22(26)2)39(42,4)5)27(45)19-28-41(34,21-53-28)56-23(3)44/h8-13,15-18,26-28,31-34,36,45,47-48,52H,7,14,19-21H2,1-6H3,(H,43,46). The molecular weight excluding hydrogens is 726 g/mol. The zero-order valence-electron chi connectivity index (χ0n) is 32.4. The highest BCUT2D eigenvalue weighted by Gasteiger charge is 2.78. The third-order valence-electron chi connectivity index (χ3n) is 12.7. The fraction of sp³-hybridized carbons (Fsp3) is 0.548. The first-order valence-corrected chi connectivity index (χ1v) is 19.0. The molecule has 2 aromatic carbocycles. The van der Waals surface area contributed by atoms with Gasteiger partial charge in [0.25, 0.3) is 0 Å². The van der Waals surface area contributed by atoms with Crippen molar-refractivity contribution >= 4 is 29.6 Å². The van der Waals surface area contributed by atoms with Gasteiger partial charge < -0.3 is 44.7 Å². The van der Waals surface area contributed by atoms with E-state index in [1.807, 2.05) is 0 Å². The molecule has 2 bridgehead atoms. The molecule has 3 fully saturated rings. The molecule has 5 N–H and O–H groups in total. The van der Waals surface area contributed by atoms with Crippen LogP contribution in [0.4, 0.5) is 0 Å². The molecule has 2 saturated carbocycles. The van der Waals surface area contributed by atoms with Crippen LogP contribution < -0.4 is 5.32 Å². The number of ketones is 1. The maximum Gasteiger partial charge on any atom is 0.338 e. The summed E-state index contributed by atoms with van der Waals surface area (Å²) in [6.07, 6.45) is -9.66. The minimum absolute atomic E-state index is 0.0412. The Morgan fingerprint density at radius 3 is 2.18 bits per heavy atom. The summed E-state index contributed by atoms with van der Waals surface area (Å²) < 4.78 is 24.1. The number of hydrogen-bond donors (Lipinski definition) is 5. The van der Waals surface area contributed by atoms with E-state index in [1.165, 1.54) is 26.0 Å². The van der Waals surface area contributed by atoms with Crippen molar-refractivity contribution in [2.45, 2.75) is 121 Å². The van der Waals surface area contributed by atoms with Crippen molar-refractivity contribution in [1.29, 1.82) is 0 Å². The molecule has 14 nitrogen and oxygen atoms in total. The van der Waals surface area contributed by atoms with Crippen LogP contribution in [0.25, 0.3) is 0 Å². The van der Waals surface area contributed by atoms with Gasteiger partial charge in [0, 0.05) is 31.6 Å². The molecule has 1 saturated heterocycles. The monoisotopic (exact) mass is 777 g/mol. The number of Topliss-reactive ketones (excluding diaryl/α,β-unsaturated/α-hetero) is 1. The quantitative estimate of drug-likeness (QED) is 0.134. The van der Waals surface area contributed by atoms with Crippen LogP contribution in [0.2, 0.25) is 0 Å². The summed E-state index contributed by atoms with van der Waals surface area (Å²) in [4.78, 5) is 68.5. The topological polar surface area (TPSA) is 215 Å². The number of carbonyl (C=O) groups is 5. The van der Waals surface area contributed by atoms with Crippen LogP contribution in [0.15, 0.2) is 71.8 Å². The zero-order chi connectivity index (χ0) is 41.0. The van der Waals surface area contributed by atoms with Crippen molar-refractivity contribution in [3.63, 3.8) is 0 Å². The Morgan fingerprint density at radius 1 is 0.982 bits per heavy atom. The van der Waals surface area contributed by atoms with E-state index in [0.29, 0.717) is 12.0 Å². The number of amides is 1. The Hall–Kier alpha value is -4.47. The van der Waals surface area contributed by atoms with Crippen LogP contribution in [-0.2, 0) is 38.1 Å². The van der Waals surface area contributed by atoms with Crippen LogP contribution in [-0.4, -0.2) is 104 Å². The molecule has 1 aliphatic heterocycles. The van der Waals surface area contributed by atoms with Gasteiger partial charge in [-0.3, -0.25) is 14.4 Å². The summed E-state index contributed by atoms with van der Waals surface area (Å²) in [5.74, 6) is -5.66. The van der Waals surface area contributed by atoms with E-state index in [4.69, 9.17) is 18.9 Å². The minimum Gasteiger partial charge on any atom is -0.456 e. The first-order chi connectivity index (χ1) is 26.3. The zero-order valence-corrected chi connectivity index (χ0v) is 32.4. The van der Waals surface area contributed by atoms with Gasteiger partial charge in [-0.25, -0.2) is 9.59 Å². The summed E-state index contributed by atoms with van der Waals surface area (Å²) in [7, 11) is 0. The van der Waals surface area contributed by atoms with Crippen LogP contribution in [0, 0.1) is 16.7 Å². The molecule has 1 amide bonds. The predicted molar refractivity (Wildman–Crippen MR) is 197 cm³/mol. The number of fused-ring (bicyclic) bond motifs is 5. The number of benzene rings is 2. The number of aliphatic hydroxyl groups excluding tert-OH is 3. The lowest BCUT2D eigenvalue weighted by atomic mass is 9.44. The number of esters is 3. The molecule has 0 aromatic heterocycles. The average Bonchev–Trinajstić information content (AvgIpc) is 3.15. The predicted octanol–water partition coefficient (Wildman–Crippen LogP) is 2.65. The molecular formula is C42H51NO13. The fourth-order valence-corrected chi connectivity index (χ4v) is 9.60. The van der Waals surface area contributed by atoms with E-state index in [1.54, 1.807) is 69.3 Å². The van der Waals surface area contributed by atoms with Gasteiger partial charge in [0.1, 0.15) is 30.0 Å². The summed E-state index contributed by atoms with van der Waals surface area (Å²) in [5, 5.41) is 51.6. The van der Waals surface area contributed by atoms with E-state index in [9.17, 15) is 44.4 Å². The summed E-state index contributed by atoms with van der Waals surface area (Å²) >= 11 is 0. The van der Waals surface area contributed by atoms with Crippen LogP contribution in [0.1, 0.15) is 89.2 Å². The van der Waals surface area contributed by atoms with Gasteiger partial charge in [-0.05, 0) is 49.1 Å². The number of hydrogen-bond acceptors (Lipinski definition) is 13. The second-order valence-electron chi connectivity index (χ2n) is 16.2. The van der Waals surface area contributed by atoms with Gasteiger partial charge in [-0.1, -0.05) is 69.3 Å². The van der Waals surface area contributed by atoms with Crippen LogP contribution >= 0.6 is 0 Å². The number of ether oxygens (including phenoxy) is 4. The third-order valence-corrected chi connectivity index (χ3v) is 12.7. The Bertz CT molecular complexity index is 1900. The summed E-state index contributed by atoms with van der Waals surface area (Å²) in [5.41, 5.74) is -6.99. The first-order valence-electron chi connectivity index (χ1n) is 19.0. The molecule has 4 aliphatic rings. The molecule has 0 radical (unpaired) electrons. The molecule has 3 aliphatic carbocycles. The molecule has 0 spiro atoms. The molecule has 11 unspecified atom stereocenters. The third kappa shape index (κ3) is 6.54. The van der Waals surface area contributed by atoms with E-state index < -0.39 is 107 Å². The fourth-order valence-electron chi connectivity index (χ4n) is 9.60. The highest BCUT2D eigenvalue weighted by molar-refractivity contribution is 5.94. The van der Waals surface area contributed by atoms with Crippen LogP contribution in [0.5, 0.6) is 0 Å². The Balaban J connectivity index is 1.50. The van der Waals surface area contributed by atoms with E-state index in [-0.39, 0.29) is 36.2 Å². The normalized spacial score (nSPS) is 34.2. The molecule has 6 rings (SSSR count). The Labute approximate surface area is 325 Å². The smallest absolute Gasteiger partial charge is 0.338 e. The summed E-state index contributed by atoms with van der Waals surface area (Å²) in [6, 6.07) is 15.0. The van der Waals surface area contributed by atoms with E-state index in [0.717, 1.165) is 6.92 Å². The molecule has 302 valence electrons. The van der Waals surface area contributed by atoms with E-state index in [2.05, 4.69) is 5.32 Å². The van der Waals surface area contributed by atoms with Crippen molar-refractivity contribution in [3.05, 3.63) is 82.9 Å². The second kappa shape index (κ2) is 15.1. The van der Waals surface area contributed by atoms with Gasteiger partial charge in [-0.2, -0.15) is 0 Å². The highest BCUT2D eigenvalue weighted by atomic mass is 16.6. The van der Waals surface area contributed by atoms with Gasteiger partial charge in [0.2, 0.25) is 5.91 Å². The van der Waals surface area contributed by atoms with E-state index >= 15 is 0 Å². The molecule has 2 aromatic rings. The van der Waals surface area contributed by atoms with Gasteiger partial charge in [0.05, 0.1) is 35.6 Å². The van der Waals surface area contributed by atoms with Crippen LogP contribution in [0.3, 0.4) is 0 Å². The van der Waals surface area contributed by atoms with Crippen molar-refractivity contribution in [1.82, 2.24) is 5.32 Å². The van der Waals surface area contributed by atoms with Crippen molar-refractivity contribution in [2.75, 3.05) is 6.61 Å². The Morgan fingerprint density at radius 2 is 1.61 bits per heavy atom. The number of aliphatic hydroxyl groups is 4. The van der Waals surface area contributed by atoms with Gasteiger partial charge in [-0.15, -0.1) is 0 Å². The lowest BCUT2D eigenvalue weighted by Crippen LogP contribution is -2.81. The molecule has 11 atom stereocenters. The minimum atomic E-state index is -2.33. The maximum atomic E-state index is 14.9. The second-order valence-corrected chi connectivity index (χ2v) is 16.2. The highest BCUT2D eigenvalue weighted by Crippen LogP contribution is 2.64. The summed E-state index contributed by atoms with van der Waals surface area (Å²) in [6.45, 7) is 8.73. The average molecular weight is 778 g/mol. The van der Waals surface area contributed by atoms with Crippen molar-refractivity contribution in [2.24, 2.45) is 16.7 Å². The van der Waals surface area contributed by atoms with Gasteiger partial charge in [0.15, 0.2) is 17.5 Å². The lowest BCUT2D eigenvalue weighted by Gasteiger charge is -2.67.